The average Bonchev–Trinajstić information content (AvgIpc) is 3.35. The molecule has 1 fully saturated rings. The van der Waals surface area contributed by atoms with E-state index in [1.165, 1.54) is 20.8 Å². The van der Waals surface area contributed by atoms with Gasteiger partial charge in [0.2, 0.25) is 11.8 Å². The lowest BCUT2D eigenvalue weighted by atomic mass is 9.45. The van der Waals surface area contributed by atoms with E-state index in [4.69, 9.17) is 24.7 Å². The van der Waals surface area contributed by atoms with Crippen molar-refractivity contribution in [1.29, 1.82) is 0 Å². The lowest BCUT2D eigenvalue weighted by Crippen LogP contribution is -2.69. The molecule has 4 aliphatic rings. The number of amides is 2. The normalized spacial score (nSPS) is 29.1. The van der Waals surface area contributed by atoms with Crippen molar-refractivity contribution in [2.24, 2.45) is 17.6 Å². The SMILES string of the molecule is COc1ccc2c3c1O[C@H]1C(OC(=O)[C@H](C)OC(=O)[C@H](C)NC(=O)[C@H](CCCCN)NC(C)=O)=CC[C@@]4(O)[C@@H](C2)C(C)CC[C@]314. The predicted octanol–water partition coefficient (Wildman–Crippen LogP) is 1.93. The monoisotopic (exact) mass is 627 g/mol. The van der Waals surface area contributed by atoms with E-state index in [-0.39, 0.29) is 17.6 Å². The maximum atomic E-state index is 13.3. The van der Waals surface area contributed by atoms with Crippen LogP contribution in [0.15, 0.2) is 24.0 Å². The minimum absolute atomic E-state index is 0.0141. The number of carbonyl (C=O) groups is 4. The third-order valence-electron chi connectivity index (χ3n) is 10.1. The quantitative estimate of drug-likeness (QED) is 0.198. The molecule has 1 saturated carbocycles. The Balaban J connectivity index is 1.28. The third-order valence-corrected chi connectivity index (χ3v) is 10.1. The molecule has 1 aromatic carbocycles. The first-order chi connectivity index (χ1) is 21.4. The van der Waals surface area contributed by atoms with Crippen LogP contribution in [0.2, 0.25) is 0 Å². The van der Waals surface area contributed by atoms with Crippen LogP contribution in [0.25, 0.3) is 0 Å². The molecule has 5 rings (SSSR count). The molecule has 2 bridgehead atoms. The van der Waals surface area contributed by atoms with Crippen molar-refractivity contribution >= 4 is 23.8 Å². The lowest BCUT2D eigenvalue weighted by Gasteiger charge is -2.61. The summed E-state index contributed by atoms with van der Waals surface area (Å²) in [5.41, 5.74) is 5.69. The molecular formula is C33H45N3O9. The molecule has 246 valence electrons. The first-order valence-electron chi connectivity index (χ1n) is 15.9. The average molecular weight is 628 g/mol. The van der Waals surface area contributed by atoms with Crippen LogP contribution in [0, 0.1) is 11.8 Å². The number of hydrogen-bond donors (Lipinski definition) is 4. The van der Waals surface area contributed by atoms with Crippen LogP contribution in [-0.4, -0.2) is 72.4 Å². The van der Waals surface area contributed by atoms with E-state index >= 15 is 0 Å². The second kappa shape index (κ2) is 12.6. The Labute approximate surface area is 263 Å². The van der Waals surface area contributed by atoms with Gasteiger partial charge in [-0.3, -0.25) is 9.59 Å². The van der Waals surface area contributed by atoms with Gasteiger partial charge in [0.05, 0.1) is 18.1 Å². The fourth-order valence-electron chi connectivity index (χ4n) is 7.87. The Bertz CT molecular complexity index is 1400. The van der Waals surface area contributed by atoms with Crippen LogP contribution < -0.4 is 25.8 Å². The molecule has 1 heterocycles. The third kappa shape index (κ3) is 5.56. The van der Waals surface area contributed by atoms with Crippen molar-refractivity contribution in [3.63, 3.8) is 0 Å². The Morgan fingerprint density at radius 3 is 2.60 bits per heavy atom. The van der Waals surface area contributed by atoms with E-state index in [0.717, 1.165) is 24.0 Å². The summed E-state index contributed by atoms with van der Waals surface area (Å²) >= 11 is 0. The van der Waals surface area contributed by atoms with Crippen molar-refractivity contribution in [2.75, 3.05) is 13.7 Å². The molecule has 45 heavy (non-hydrogen) atoms. The Morgan fingerprint density at radius 1 is 1.16 bits per heavy atom. The second-order valence-electron chi connectivity index (χ2n) is 12.9. The van der Waals surface area contributed by atoms with Crippen molar-refractivity contribution in [1.82, 2.24) is 10.6 Å². The van der Waals surface area contributed by atoms with E-state index in [1.54, 1.807) is 13.2 Å². The summed E-state index contributed by atoms with van der Waals surface area (Å²) in [6.07, 6.45) is 3.89. The van der Waals surface area contributed by atoms with Gasteiger partial charge in [0.25, 0.3) is 0 Å². The van der Waals surface area contributed by atoms with E-state index in [1.807, 2.05) is 12.1 Å². The minimum Gasteiger partial charge on any atom is -0.493 e. The van der Waals surface area contributed by atoms with Gasteiger partial charge in [-0.05, 0) is 94.9 Å². The summed E-state index contributed by atoms with van der Waals surface area (Å²) in [5, 5.41) is 17.5. The first kappa shape index (κ1) is 32.7. The zero-order valence-corrected chi connectivity index (χ0v) is 26.6. The van der Waals surface area contributed by atoms with E-state index < -0.39 is 53.2 Å². The number of rotatable bonds is 12. The minimum atomic E-state index is -1.30. The van der Waals surface area contributed by atoms with Crippen LogP contribution in [0.5, 0.6) is 11.5 Å². The highest BCUT2D eigenvalue weighted by atomic mass is 16.6. The standard InChI is InChI=1S/C33H45N3O9/c1-17-11-13-32-26-21-9-10-24(42-5)27(26)45-28(32)25(12-14-33(32,41)22(17)16-21)44-31(40)19(3)43-30(39)18(2)35-29(38)23(36-20(4)37)8-6-7-15-34/h9-10,12,17-19,22-23,28,41H,6-8,11,13-16,34H2,1-5H3,(H,35,38)(H,36,37)/t17?,18-,19-,22-,23-,28-,32-,33+/m0/s1. The number of aliphatic hydroxyl groups is 1. The Hall–Kier alpha value is -3.64. The van der Waals surface area contributed by atoms with Gasteiger partial charge in [-0.15, -0.1) is 0 Å². The molecular weight excluding hydrogens is 582 g/mol. The van der Waals surface area contributed by atoms with E-state index in [9.17, 15) is 24.3 Å². The molecule has 1 spiro atoms. The smallest absolute Gasteiger partial charge is 0.352 e. The molecule has 12 heteroatoms. The molecule has 12 nitrogen and oxygen atoms in total. The van der Waals surface area contributed by atoms with Gasteiger partial charge in [-0.25, -0.2) is 9.59 Å². The van der Waals surface area contributed by atoms with Gasteiger partial charge in [-0.2, -0.15) is 0 Å². The largest absolute Gasteiger partial charge is 0.493 e. The predicted molar refractivity (Wildman–Crippen MR) is 162 cm³/mol. The van der Waals surface area contributed by atoms with Gasteiger partial charge < -0.3 is 40.4 Å². The summed E-state index contributed by atoms with van der Waals surface area (Å²) in [7, 11) is 1.57. The molecule has 0 radical (unpaired) electrons. The van der Waals surface area contributed by atoms with Crippen molar-refractivity contribution in [3.8, 4) is 11.5 Å². The summed E-state index contributed by atoms with van der Waals surface area (Å²) < 4.78 is 23.4. The van der Waals surface area contributed by atoms with Crippen LogP contribution in [0.3, 0.4) is 0 Å². The maximum absolute atomic E-state index is 13.3. The molecule has 0 saturated heterocycles. The number of unbranched alkanes of at least 4 members (excludes halogenated alkanes) is 1. The molecule has 5 N–H and O–H groups in total. The van der Waals surface area contributed by atoms with Gasteiger partial charge in [0.1, 0.15) is 17.8 Å². The zero-order valence-electron chi connectivity index (χ0n) is 26.6. The van der Waals surface area contributed by atoms with E-state index in [2.05, 4.69) is 17.6 Å². The van der Waals surface area contributed by atoms with Crippen molar-refractivity contribution < 1.29 is 43.2 Å². The van der Waals surface area contributed by atoms with Crippen LogP contribution in [0.4, 0.5) is 0 Å². The highest BCUT2D eigenvalue weighted by Crippen LogP contribution is 2.68. The number of nitrogens with one attached hydrogen (secondary N) is 2. The zero-order chi connectivity index (χ0) is 32.7. The first-order valence-corrected chi connectivity index (χ1v) is 15.9. The fraction of sp³-hybridized carbons (Fsp3) is 0.636. The van der Waals surface area contributed by atoms with E-state index in [0.29, 0.717) is 56.1 Å². The number of nitrogens with two attached hydrogens (primary N) is 1. The second-order valence-corrected chi connectivity index (χ2v) is 12.9. The van der Waals surface area contributed by atoms with Gasteiger partial charge >= 0.3 is 11.9 Å². The summed E-state index contributed by atoms with van der Waals surface area (Å²) in [5.74, 6) is -0.848. The molecule has 2 amide bonds. The molecule has 0 aromatic heterocycles. The fourth-order valence-corrected chi connectivity index (χ4v) is 7.87. The van der Waals surface area contributed by atoms with Gasteiger partial charge in [-0.1, -0.05) is 13.0 Å². The molecule has 1 aliphatic heterocycles. The van der Waals surface area contributed by atoms with Gasteiger partial charge in [0, 0.05) is 12.5 Å². The van der Waals surface area contributed by atoms with Crippen LogP contribution in [-0.2, 0) is 40.5 Å². The van der Waals surface area contributed by atoms with Crippen molar-refractivity contribution in [3.05, 3.63) is 35.1 Å². The number of benzene rings is 1. The summed E-state index contributed by atoms with van der Waals surface area (Å²) in [6, 6.07) is 1.99. The summed E-state index contributed by atoms with van der Waals surface area (Å²) in [6.45, 7) is 6.77. The highest BCUT2D eigenvalue weighted by Gasteiger charge is 2.72. The molecule has 8 atom stereocenters. The lowest BCUT2D eigenvalue weighted by molar-refractivity contribution is -0.176. The number of ether oxygens (including phenoxy) is 4. The maximum Gasteiger partial charge on any atom is 0.352 e. The van der Waals surface area contributed by atoms with Gasteiger partial charge in [0.15, 0.2) is 23.7 Å². The van der Waals surface area contributed by atoms with Crippen LogP contribution in [0.1, 0.15) is 77.3 Å². The molecule has 1 aromatic rings. The highest BCUT2D eigenvalue weighted by molar-refractivity contribution is 5.90. The number of hydrogen-bond acceptors (Lipinski definition) is 10. The number of esters is 2. The number of methoxy groups -OCH3 is 1. The molecule has 1 unspecified atom stereocenters. The molecule has 3 aliphatic carbocycles. The number of carbonyl (C=O) groups excluding carboxylic acids is 4. The topological polar surface area (TPSA) is 176 Å². The summed E-state index contributed by atoms with van der Waals surface area (Å²) in [4.78, 5) is 50.5. The Morgan fingerprint density at radius 2 is 1.91 bits per heavy atom. The van der Waals surface area contributed by atoms with Crippen molar-refractivity contribution in [2.45, 2.75) is 108 Å². The Kier molecular flexibility index (Phi) is 9.19. The van der Waals surface area contributed by atoms with Crippen LogP contribution >= 0.6 is 0 Å².